The molecule has 3 N–H and O–H groups in total. The lowest BCUT2D eigenvalue weighted by Crippen LogP contribution is -2.23. The Morgan fingerprint density at radius 3 is 2.65 bits per heavy atom. The smallest absolute Gasteiger partial charge is 0.352 e. The van der Waals surface area contributed by atoms with Crippen LogP contribution in [0.25, 0.3) is 0 Å². The van der Waals surface area contributed by atoms with E-state index in [0.717, 1.165) is 22.3 Å². The van der Waals surface area contributed by atoms with Gasteiger partial charge >= 0.3 is 5.97 Å². The third kappa shape index (κ3) is 3.27. The van der Waals surface area contributed by atoms with Crippen LogP contribution in [0.5, 0.6) is 0 Å². The topological polar surface area (TPSA) is 99.3 Å². The van der Waals surface area contributed by atoms with Crippen molar-refractivity contribution >= 4 is 31.9 Å². The summed E-state index contributed by atoms with van der Waals surface area (Å²) in [6, 6.07) is 8.29. The fourth-order valence-corrected chi connectivity index (χ4v) is 2.98. The minimum Gasteiger partial charge on any atom is -0.477 e. The standard InChI is InChI=1S/C12H11BrN2O4S/c13-10-4-2-1-3-8(10)6-15-20(18,19)9-5-11(12(16)17)14-7-9/h1-5,7,14-15H,6H2,(H,16,17). The van der Waals surface area contributed by atoms with Crippen LogP contribution in [0, 0.1) is 0 Å². The number of rotatable bonds is 5. The first-order valence-corrected chi connectivity index (χ1v) is 7.82. The van der Waals surface area contributed by atoms with Crippen molar-refractivity contribution in [3.8, 4) is 0 Å². The molecule has 106 valence electrons. The number of benzene rings is 1. The van der Waals surface area contributed by atoms with Gasteiger partial charge in [-0.1, -0.05) is 34.1 Å². The van der Waals surface area contributed by atoms with Crippen LogP contribution in [0.15, 0.2) is 45.9 Å². The molecule has 0 aliphatic heterocycles. The molecule has 1 heterocycles. The predicted octanol–water partition coefficient (Wildman–Crippen LogP) is 1.95. The Labute approximate surface area is 124 Å². The number of H-pyrrole nitrogens is 1. The zero-order chi connectivity index (χ0) is 14.8. The maximum absolute atomic E-state index is 12.0. The van der Waals surface area contributed by atoms with E-state index >= 15 is 0 Å². The monoisotopic (exact) mass is 358 g/mol. The Balaban J connectivity index is 2.15. The molecule has 0 aliphatic rings. The molecule has 6 nitrogen and oxygen atoms in total. The molecular formula is C12H11BrN2O4S. The summed E-state index contributed by atoms with van der Waals surface area (Å²) in [6.07, 6.45) is 1.14. The van der Waals surface area contributed by atoms with Gasteiger partial charge in [-0.05, 0) is 17.7 Å². The molecular weight excluding hydrogens is 348 g/mol. The average molecular weight is 359 g/mol. The molecule has 0 atom stereocenters. The van der Waals surface area contributed by atoms with Gasteiger partial charge in [-0.15, -0.1) is 0 Å². The van der Waals surface area contributed by atoms with Crippen molar-refractivity contribution in [1.29, 1.82) is 0 Å². The van der Waals surface area contributed by atoms with Crippen molar-refractivity contribution in [2.75, 3.05) is 0 Å². The van der Waals surface area contributed by atoms with E-state index in [0.29, 0.717) is 0 Å². The van der Waals surface area contributed by atoms with Crippen LogP contribution >= 0.6 is 15.9 Å². The van der Waals surface area contributed by atoms with Gasteiger partial charge < -0.3 is 10.1 Å². The van der Waals surface area contributed by atoms with Gasteiger partial charge in [0.2, 0.25) is 10.0 Å². The number of carbonyl (C=O) groups is 1. The number of aromatic amines is 1. The van der Waals surface area contributed by atoms with Crippen molar-refractivity contribution in [1.82, 2.24) is 9.71 Å². The summed E-state index contributed by atoms with van der Waals surface area (Å²) >= 11 is 3.32. The molecule has 0 fully saturated rings. The van der Waals surface area contributed by atoms with Gasteiger partial charge in [-0.25, -0.2) is 17.9 Å². The first-order chi connectivity index (χ1) is 9.40. The van der Waals surface area contributed by atoms with E-state index in [-0.39, 0.29) is 17.1 Å². The molecule has 8 heteroatoms. The second-order valence-electron chi connectivity index (χ2n) is 3.97. The van der Waals surface area contributed by atoms with Gasteiger partial charge in [0.15, 0.2) is 0 Å². The van der Waals surface area contributed by atoms with Gasteiger partial charge in [-0.2, -0.15) is 0 Å². The minimum atomic E-state index is -3.75. The van der Waals surface area contributed by atoms with E-state index in [2.05, 4.69) is 25.6 Å². The van der Waals surface area contributed by atoms with E-state index in [1.54, 1.807) is 12.1 Å². The van der Waals surface area contributed by atoms with Gasteiger partial charge in [0.05, 0.1) is 0 Å². The number of hydrogen-bond donors (Lipinski definition) is 3. The van der Waals surface area contributed by atoms with Crippen molar-refractivity contribution in [3.63, 3.8) is 0 Å². The highest BCUT2D eigenvalue weighted by Crippen LogP contribution is 2.17. The molecule has 0 aliphatic carbocycles. The third-order valence-electron chi connectivity index (χ3n) is 2.61. The van der Waals surface area contributed by atoms with Crippen LogP contribution in [-0.4, -0.2) is 24.5 Å². The Morgan fingerprint density at radius 2 is 2.05 bits per heavy atom. The largest absolute Gasteiger partial charge is 0.477 e. The maximum Gasteiger partial charge on any atom is 0.352 e. The van der Waals surface area contributed by atoms with Crippen molar-refractivity contribution < 1.29 is 18.3 Å². The molecule has 0 bridgehead atoms. The summed E-state index contributed by atoms with van der Waals surface area (Å²) < 4.78 is 27.2. The van der Waals surface area contributed by atoms with Crippen molar-refractivity contribution in [3.05, 3.63) is 52.3 Å². The number of aromatic carboxylic acids is 1. The minimum absolute atomic E-state index is 0.108. The fraction of sp³-hybridized carbons (Fsp3) is 0.0833. The number of aromatic nitrogens is 1. The summed E-state index contributed by atoms with van der Waals surface area (Å²) in [5.41, 5.74) is 0.608. The lowest BCUT2D eigenvalue weighted by molar-refractivity contribution is 0.0691. The first-order valence-electron chi connectivity index (χ1n) is 5.55. The summed E-state index contributed by atoms with van der Waals surface area (Å²) in [5, 5.41) is 8.76. The fourth-order valence-electron chi connectivity index (χ4n) is 1.55. The van der Waals surface area contributed by atoms with Gasteiger partial charge in [0.1, 0.15) is 10.6 Å². The summed E-state index contributed by atoms with van der Waals surface area (Å²) in [4.78, 5) is 13.0. The van der Waals surface area contributed by atoms with E-state index in [1.165, 1.54) is 0 Å². The molecule has 20 heavy (non-hydrogen) atoms. The van der Waals surface area contributed by atoms with Gasteiger partial charge in [0.25, 0.3) is 0 Å². The van der Waals surface area contributed by atoms with Crippen molar-refractivity contribution in [2.45, 2.75) is 11.4 Å². The highest BCUT2D eigenvalue weighted by molar-refractivity contribution is 9.10. The number of sulfonamides is 1. The zero-order valence-corrected chi connectivity index (χ0v) is 12.5. The van der Waals surface area contributed by atoms with Crippen LogP contribution in [-0.2, 0) is 16.6 Å². The average Bonchev–Trinajstić information content (AvgIpc) is 2.88. The van der Waals surface area contributed by atoms with E-state index in [1.807, 2.05) is 12.1 Å². The highest BCUT2D eigenvalue weighted by Gasteiger charge is 2.18. The number of hydrogen-bond acceptors (Lipinski definition) is 3. The van der Waals surface area contributed by atoms with Crippen LogP contribution in [0.2, 0.25) is 0 Å². The highest BCUT2D eigenvalue weighted by atomic mass is 79.9. The Morgan fingerprint density at radius 1 is 1.35 bits per heavy atom. The van der Waals surface area contributed by atoms with Crippen LogP contribution < -0.4 is 4.72 Å². The number of carboxylic acid groups (broad SMARTS) is 1. The number of halogens is 1. The zero-order valence-electron chi connectivity index (χ0n) is 10.1. The molecule has 0 saturated heterocycles. The van der Waals surface area contributed by atoms with Crippen LogP contribution in [0.4, 0.5) is 0 Å². The molecule has 2 aromatic rings. The third-order valence-corrected chi connectivity index (χ3v) is 4.76. The Kier molecular flexibility index (Phi) is 4.26. The molecule has 0 spiro atoms. The lowest BCUT2D eigenvalue weighted by Gasteiger charge is -2.06. The second-order valence-corrected chi connectivity index (χ2v) is 6.59. The SMILES string of the molecule is O=C(O)c1cc(S(=O)(=O)NCc2ccccc2Br)c[nH]1. The van der Waals surface area contributed by atoms with E-state index < -0.39 is 16.0 Å². The van der Waals surface area contributed by atoms with Crippen LogP contribution in [0.3, 0.4) is 0 Å². The van der Waals surface area contributed by atoms with Crippen molar-refractivity contribution in [2.24, 2.45) is 0 Å². The summed E-state index contributed by atoms with van der Waals surface area (Å²) in [6.45, 7) is 0.108. The maximum atomic E-state index is 12.0. The number of carboxylic acids is 1. The first kappa shape index (κ1) is 14.8. The normalized spacial score (nSPS) is 11.4. The summed E-state index contributed by atoms with van der Waals surface area (Å²) in [7, 11) is -3.75. The Hall–Kier alpha value is -1.64. The second kappa shape index (κ2) is 5.78. The predicted molar refractivity (Wildman–Crippen MR) is 75.9 cm³/mol. The Bertz CT molecular complexity index is 739. The molecule has 2 rings (SSSR count). The quantitative estimate of drug-likeness (QED) is 0.760. The lowest BCUT2D eigenvalue weighted by atomic mass is 10.2. The van der Waals surface area contributed by atoms with Crippen LogP contribution in [0.1, 0.15) is 16.1 Å². The van der Waals surface area contributed by atoms with Gasteiger partial charge in [0, 0.05) is 17.2 Å². The van der Waals surface area contributed by atoms with E-state index in [4.69, 9.17) is 5.11 Å². The molecule has 0 saturated carbocycles. The molecule has 0 unspecified atom stereocenters. The van der Waals surface area contributed by atoms with Gasteiger partial charge in [-0.3, -0.25) is 0 Å². The van der Waals surface area contributed by atoms with E-state index in [9.17, 15) is 13.2 Å². The molecule has 0 radical (unpaired) electrons. The molecule has 1 aromatic heterocycles. The summed E-state index contributed by atoms with van der Waals surface area (Å²) in [5.74, 6) is -1.21. The number of nitrogens with one attached hydrogen (secondary N) is 2. The molecule has 0 amide bonds. The molecule has 1 aromatic carbocycles.